The van der Waals surface area contributed by atoms with Gasteiger partial charge in [-0.05, 0) is 31.2 Å². The predicted octanol–water partition coefficient (Wildman–Crippen LogP) is 1.92. The molecule has 21 heavy (non-hydrogen) atoms. The summed E-state index contributed by atoms with van der Waals surface area (Å²) in [6.45, 7) is 2.34. The molecule has 0 spiro atoms. The van der Waals surface area contributed by atoms with Gasteiger partial charge in [0.15, 0.2) is 0 Å². The molecule has 1 N–H and O–H groups in total. The number of carboxylic acid groups (broad SMARTS) is 1. The van der Waals surface area contributed by atoms with E-state index in [1.165, 1.54) is 19.1 Å². The van der Waals surface area contributed by atoms with Gasteiger partial charge in [-0.25, -0.2) is 4.39 Å². The molecular formula is C15H18FNO4. The third kappa shape index (κ3) is 3.93. The lowest BCUT2D eigenvalue weighted by Crippen LogP contribution is -2.45. The molecule has 0 aromatic heterocycles. The Balaban J connectivity index is 1.84. The number of benzene rings is 1. The molecule has 1 saturated heterocycles. The molecule has 0 radical (unpaired) electrons. The first kappa shape index (κ1) is 15.3. The van der Waals surface area contributed by atoms with Crippen LogP contribution in [0.4, 0.5) is 4.39 Å². The highest BCUT2D eigenvalue weighted by Gasteiger charge is 2.29. The number of likely N-dealkylation sites (tertiary alicyclic amines) is 1. The number of ether oxygens (including phenoxy) is 1. The average Bonchev–Trinajstić information content (AvgIpc) is 2.49. The van der Waals surface area contributed by atoms with Crippen LogP contribution in [0.25, 0.3) is 0 Å². The Morgan fingerprint density at radius 1 is 1.29 bits per heavy atom. The molecule has 5 nitrogen and oxygen atoms in total. The number of nitrogens with zero attached hydrogens (tertiary/aromatic N) is 1. The molecule has 0 bridgehead atoms. The summed E-state index contributed by atoms with van der Waals surface area (Å²) in [5.74, 6) is -2.20. The summed E-state index contributed by atoms with van der Waals surface area (Å²) >= 11 is 0. The monoisotopic (exact) mass is 295 g/mol. The van der Waals surface area contributed by atoms with E-state index < -0.39 is 11.9 Å². The van der Waals surface area contributed by atoms with Crippen molar-refractivity contribution < 1.29 is 23.8 Å². The third-order valence-electron chi connectivity index (χ3n) is 3.61. The highest BCUT2D eigenvalue weighted by atomic mass is 19.1. The molecule has 114 valence electrons. The minimum Gasteiger partial charge on any atom is -0.490 e. The molecule has 1 fully saturated rings. The minimum atomic E-state index is -1.11. The summed E-state index contributed by atoms with van der Waals surface area (Å²) in [5, 5.41) is 8.85. The van der Waals surface area contributed by atoms with Gasteiger partial charge in [-0.2, -0.15) is 0 Å². The highest BCUT2D eigenvalue weighted by Crippen LogP contribution is 2.20. The Morgan fingerprint density at radius 3 is 2.38 bits per heavy atom. The first-order chi connectivity index (χ1) is 9.97. The number of hydrogen-bond donors (Lipinski definition) is 1. The van der Waals surface area contributed by atoms with Crippen molar-refractivity contribution in [2.75, 3.05) is 13.1 Å². The van der Waals surface area contributed by atoms with Crippen molar-refractivity contribution in [3.63, 3.8) is 0 Å². The minimum absolute atomic E-state index is 0.0420. The largest absolute Gasteiger partial charge is 0.490 e. The highest BCUT2D eigenvalue weighted by molar-refractivity contribution is 5.96. The van der Waals surface area contributed by atoms with Crippen LogP contribution in [0, 0.1) is 11.7 Å². The van der Waals surface area contributed by atoms with Gasteiger partial charge in [0.2, 0.25) is 5.91 Å². The van der Waals surface area contributed by atoms with Crippen LogP contribution in [0.15, 0.2) is 24.3 Å². The molecule has 2 rings (SSSR count). The van der Waals surface area contributed by atoms with Gasteiger partial charge < -0.3 is 14.7 Å². The second-order valence-corrected chi connectivity index (χ2v) is 5.16. The van der Waals surface area contributed by atoms with E-state index in [4.69, 9.17) is 9.84 Å². The number of carboxylic acids is 1. The average molecular weight is 295 g/mol. The van der Waals surface area contributed by atoms with Crippen molar-refractivity contribution in [3.05, 3.63) is 30.1 Å². The van der Waals surface area contributed by atoms with E-state index in [-0.39, 0.29) is 17.8 Å². The lowest BCUT2D eigenvalue weighted by molar-refractivity contribution is -0.151. The van der Waals surface area contributed by atoms with Gasteiger partial charge in [-0.3, -0.25) is 9.59 Å². The first-order valence-electron chi connectivity index (χ1n) is 6.91. The van der Waals surface area contributed by atoms with Crippen LogP contribution in [-0.2, 0) is 9.59 Å². The maximum absolute atomic E-state index is 12.8. The standard InChI is InChI=1S/C15H18FNO4/c1-10(15(19)20)14(18)17-8-6-13(7-9-17)21-12-4-2-11(16)3-5-12/h2-5,10,13H,6-9H2,1H3,(H,19,20). The smallest absolute Gasteiger partial charge is 0.315 e. The van der Waals surface area contributed by atoms with E-state index in [0.29, 0.717) is 31.7 Å². The van der Waals surface area contributed by atoms with Gasteiger partial charge in [0, 0.05) is 25.9 Å². The van der Waals surface area contributed by atoms with Gasteiger partial charge in [-0.1, -0.05) is 0 Å². The van der Waals surface area contributed by atoms with Crippen molar-refractivity contribution in [2.45, 2.75) is 25.9 Å². The molecule has 1 aromatic carbocycles. The molecule has 1 aromatic rings. The van der Waals surface area contributed by atoms with Gasteiger partial charge in [0.25, 0.3) is 0 Å². The van der Waals surface area contributed by atoms with Gasteiger partial charge in [-0.15, -0.1) is 0 Å². The Bertz CT molecular complexity index is 509. The lowest BCUT2D eigenvalue weighted by Gasteiger charge is -2.33. The Labute approximate surface area is 122 Å². The summed E-state index contributed by atoms with van der Waals surface area (Å²) in [5.41, 5.74) is 0. The second-order valence-electron chi connectivity index (χ2n) is 5.16. The van der Waals surface area contributed by atoms with E-state index in [9.17, 15) is 14.0 Å². The normalized spacial score (nSPS) is 17.3. The summed E-state index contributed by atoms with van der Waals surface area (Å²) in [7, 11) is 0. The number of amides is 1. The zero-order valence-electron chi connectivity index (χ0n) is 11.8. The van der Waals surface area contributed by atoms with Crippen LogP contribution in [-0.4, -0.2) is 41.1 Å². The molecule has 1 aliphatic heterocycles. The number of hydrogen-bond acceptors (Lipinski definition) is 3. The molecule has 0 saturated carbocycles. The van der Waals surface area contributed by atoms with Crippen molar-refractivity contribution >= 4 is 11.9 Å². The molecule has 1 amide bonds. The summed E-state index contributed by atoms with van der Waals surface area (Å²) in [6.07, 6.45) is 1.23. The molecule has 0 aliphatic carbocycles. The maximum atomic E-state index is 12.8. The predicted molar refractivity (Wildman–Crippen MR) is 73.4 cm³/mol. The van der Waals surface area contributed by atoms with Gasteiger partial charge in [0.05, 0.1) is 0 Å². The van der Waals surface area contributed by atoms with E-state index in [1.54, 1.807) is 17.0 Å². The Kier molecular flexibility index (Phi) is 4.77. The Hall–Kier alpha value is -2.11. The van der Waals surface area contributed by atoms with E-state index in [0.717, 1.165) is 0 Å². The van der Waals surface area contributed by atoms with Crippen molar-refractivity contribution in [1.82, 2.24) is 4.90 Å². The SMILES string of the molecule is CC(C(=O)O)C(=O)N1CCC(Oc2ccc(F)cc2)CC1. The van der Waals surface area contributed by atoms with Gasteiger partial charge in [0.1, 0.15) is 23.6 Å². The number of aliphatic carboxylic acids is 1. The quantitative estimate of drug-likeness (QED) is 0.862. The van der Waals surface area contributed by atoms with E-state index >= 15 is 0 Å². The topological polar surface area (TPSA) is 66.8 Å². The third-order valence-corrected chi connectivity index (χ3v) is 3.61. The Morgan fingerprint density at radius 2 is 1.86 bits per heavy atom. The summed E-state index contributed by atoms with van der Waals surface area (Å²) in [4.78, 5) is 24.3. The molecule has 1 unspecified atom stereocenters. The second kappa shape index (κ2) is 6.56. The van der Waals surface area contributed by atoms with Crippen LogP contribution in [0.3, 0.4) is 0 Å². The van der Waals surface area contributed by atoms with E-state index in [1.807, 2.05) is 0 Å². The number of piperidine rings is 1. The molecule has 1 atom stereocenters. The number of carbonyl (C=O) groups is 2. The summed E-state index contributed by atoms with van der Waals surface area (Å²) in [6, 6.07) is 5.81. The van der Waals surface area contributed by atoms with Gasteiger partial charge >= 0.3 is 5.97 Å². The zero-order chi connectivity index (χ0) is 15.4. The van der Waals surface area contributed by atoms with E-state index in [2.05, 4.69) is 0 Å². The summed E-state index contributed by atoms with van der Waals surface area (Å²) < 4.78 is 18.5. The van der Waals surface area contributed by atoms with Crippen LogP contribution in [0.1, 0.15) is 19.8 Å². The van der Waals surface area contributed by atoms with Crippen molar-refractivity contribution in [2.24, 2.45) is 5.92 Å². The fourth-order valence-corrected chi connectivity index (χ4v) is 2.28. The molecule has 1 heterocycles. The lowest BCUT2D eigenvalue weighted by atomic mass is 10.0. The first-order valence-corrected chi connectivity index (χ1v) is 6.91. The fourth-order valence-electron chi connectivity index (χ4n) is 2.28. The van der Waals surface area contributed by atoms with Crippen LogP contribution in [0.2, 0.25) is 0 Å². The van der Waals surface area contributed by atoms with Crippen LogP contribution in [0.5, 0.6) is 5.75 Å². The maximum Gasteiger partial charge on any atom is 0.315 e. The van der Waals surface area contributed by atoms with Crippen LogP contribution < -0.4 is 4.74 Å². The molecular weight excluding hydrogens is 277 g/mol. The number of rotatable bonds is 4. The van der Waals surface area contributed by atoms with Crippen molar-refractivity contribution in [1.29, 1.82) is 0 Å². The number of halogens is 1. The van der Waals surface area contributed by atoms with Crippen molar-refractivity contribution in [3.8, 4) is 5.75 Å². The molecule has 6 heteroatoms. The van der Waals surface area contributed by atoms with Crippen LogP contribution >= 0.6 is 0 Å². The molecule has 1 aliphatic rings. The zero-order valence-corrected chi connectivity index (χ0v) is 11.8. The number of carbonyl (C=O) groups excluding carboxylic acids is 1. The fraction of sp³-hybridized carbons (Fsp3) is 0.467.